The highest BCUT2D eigenvalue weighted by atomic mass is 16.1. The Morgan fingerprint density at radius 3 is 2.67 bits per heavy atom. The van der Waals surface area contributed by atoms with E-state index in [1.807, 2.05) is 24.3 Å². The normalized spacial score (nSPS) is 29.4. The molecule has 0 aromatic rings. The average molecular weight is 203 g/mol. The fourth-order valence-electron chi connectivity index (χ4n) is 1.74. The molecular weight excluding hydrogens is 186 g/mol. The van der Waals surface area contributed by atoms with Crippen molar-refractivity contribution < 1.29 is 4.79 Å². The Balaban J connectivity index is 2.91. The lowest BCUT2D eigenvalue weighted by molar-refractivity contribution is -0.114. The third-order valence-electron chi connectivity index (χ3n) is 2.72. The van der Waals surface area contributed by atoms with Crippen molar-refractivity contribution in [1.82, 2.24) is 0 Å². The van der Waals surface area contributed by atoms with E-state index in [0.717, 1.165) is 18.3 Å². The van der Waals surface area contributed by atoms with Crippen molar-refractivity contribution in [2.24, 2.45) is 11.1 Å². The SMILES string of the molecule is C=CCC1=CC(N)C(C=O)(CC=C)C=C1. The predicted molar refractivity (Wildman–Crippen MR) is 63.3 cm³/mol. The number of hydrogen-bond donors (Lipinski definition) is 1. The van der Waals surface area contributed by atoms with Gasteiger partial charge in [-0.3, -0.25) is 0 Å². The molecule has 1 aliphatic rings. The van der Waals surface area contributed by atoms with Gasteiger partial charge in [-0.15, -0.1) is 13.2 Å². The number of allylic oxidation sites excluding steroid dienone is 4. The van der Waals surface area contributed by atoms with Crippen LogP contribution in [0.3, 0.4) is 0 Å². The van der Waals surface area contributed by atoms with Gasteiger partial charge in [-0.05, 0) is 18.4 Å². The molecule has 2 heteroatoms. The van der Waals surface area contributed by atoms with Crippen LogP contribution in [0.1, 0.15) is 12.8 Å². The topological polar surface area (TPSA) is 43.1 Å². The minimum Gasteiger partial charge on any atom is -0.323 e. The Bertz CT molecular complexity index is 327. The molecule has 15 heavy (non-hydrogen) atoms. The molecule has 0 heterocycles. The van der Waals surface area contributed by atoms with Crippen LogP contribution in [-0.2, 0) is 4.79 Å². The van der Waals surface area contributed by atoms with E-state index in [0.29, 0.717) is 6.42 Å². The van der Waals surface area contributed by atoms with Gasteiger partial charge in [0, 0.05) is 6.04 Å². The van der Waals surface area contributed by atoms with Crippen molar-refractivity contribution in [3.05, 3.63) is 49.1 Å². The smallest absolute Gasteiger partial charge is 0.132 e. The molecular formula is C13H17NO. The molecule has 1 aliphatic carbocycles. The fraction of sp³-hybridized carbons (Fsp3) is 0.308. The van der Waals surface area contributed by atoms with Crippen LogP contribution in [0, 0.1) is 5.41 Å². The summed E-state index contributed by atoms with van der Waals surface area (Å²) in [4.78, 5) is 11.1. The summed E-state index contributed by atoms with van der Waals surface area (Å²) in [5, 5.41) is 0. The summed E-state index contributed by atoms with van der Waals surface area (Å²) in [5.41, 5.74) is 6.50. The Labute approximate surface area is 90.9 Å². The van der Waals surface area contributed by atoms with Crippen molar-refractivity contribution >= 4 is 6.29 Å². The molecule has 0 aromatic carbocycles. The second kappa shape index (κ2) is 4.89. The highest BCUT2D eigenvalue weighted by Gasteiger charge is 2.33. The van der Waals surface area contributed by atoms with Gasteiger partial charge >= 0.3 is 0 Å². The molecule has 2 atom stereocenters. The summed E-state index contributed by atoms with van der Waals surface area (Å²) < 4.78 is 0. The Hall–Kier alpha value is -1.41. The van der Waals surface area contributed by atoms with E-state index < -0.39 is 5.41 Å². The van der Waals surface area contributed by atoms with Crippen LogP contribution in [0.2, 0.25) is 0 Å². The average Bonchev–Trinajstić information content (AvgIpc) is 2.23. The lowest BCUT2D eigenvalue weighted by Gasteiger charge is -2.31. The van der Waals surface area contributed by atoms with Crippen LogP contribution < -0.4 is 5.73 Å². The van der Waals surface area contributed by atoms with Crippen molar-refractivity contribution in [3.63, 3.8) is 0 Å². The lowest BCUT2D eigenvalue weighted by atomic mass is 9.75. The van der Waals surface area contributed by atoms with Crippen LogP contribution in [-0.4, -0.2) is 12.3 Å². The molecule has 0 aliphatic heterocycles. The zero-order chi connectivity index (χ0) is 11.3. The number of nitrogens with two attached hydrogens (primary N) is 1. The van der Waals surface area contributed by atoms with E-state index in [4.69, 9.17) is 5.73 Å². The Morgan fingerprint density at radius 1 is 1.47 bits per heavy atom. The van der Waals surface area contributed by atoms with Crippen molar-refractivity contribution in [2.45, 2.75) is 18.9 Å². The summed E-state index contributed by atoms with van der Waals surface area (Å²) in [6.45, 7) is 7.32. The van der Waals surface area contributed by atoms with E-state index in [9.17, 15) is 4.79 Å². The molecule has 1 rings (SSSR count). The number of hydrogen-bond acceptors (Lipinski definition) is 2. The van der Waals surface area contributed by atoms with Crippen molar-refractivity contribution in [2.75, 3.05) is 0 Å². The number of carbonyl (C=O) groups is 1. The quantitative estimate of drug-likeness (QED) is 0.549. The molecule has 0 aromatic heterocycles. The highest BCUT2D eigenvalue weighted by Crippen LogP contribution is 2.31. The molecule has 0 saturated heterocycles. The van der Waals surface area contributed by atoms with Gasteiger partial charge in [0.25, 0.3) is 0 Å². The first-order valence-corrected chi connectivity index (χ1v) is 5.02. The maximum Gasteiger partial charge on any atom is 0.132 e. The molecule has 0 saturated carbocycles. The number of aldehydes is 1. The maximum absolute atomic E-state index is 11.1. The van der Waals surface area contributed by atoms with Gasteiger partial charge in [0.1, 0.15) is 6.29 Å². The van der Waals surface area contributed by atoms with Gasteiger partial charge in [0.2, 0.25) is 0 Å². The van der Waals surface area contributed by atoms with Crippen LogP contribution in [0.15, 0.2) is 49.1 Å². The van der Waals surface area contributed by atoms with Gasteiger partial charge in [-0.25, -0.2) is 0 Å². The first-order valence-electron chi connectivity index (χ1n) is 5.02. The van der Waals surface area contributed by atoms with E-state index in [1.165, 1.54) is 0 Å². The van der Waals surface area contributed by atoms with Gasteiger partial charge in [0.05, 0.1) is 5.41 Å². The summed E-state index contributed by atoms with van der Waals surface area (Å²) in [6.07, 6.45) is 11.6. The van der Waals surface area contributed by atoms with Crippen molar-refractivity contribution in [1.29, 1.82) is 0 Å². The molecule has 0 bridgehead atoms. The number of carbonyl (C=O) groups excluding carboxylic acids is 1. The summed E-state index contributed by atoms with van der Waals surface area (Å²) in [6, 6.07) is -0.270. The molecule has 0 radical (unpaired) electrons. The second-order valence-electron chi connectivity index (χ2n) is 3.82. The zero-order valence-electron chi connectivity index (χ0n) is 8.86. The van der Waals surface area contributed by atoms with Crippen LogP contribution in [0.25, 0.3) is 0 Å². The molecule has 2 nitrogen and oxygen atoms in total. The maximum atomic E-state index is 11.1. The number of rotatable bonds is 5. The van der Waals surface area contributed by atoms with Crippen LogP contribution in [0.4, 0.5) is 0 Å². The molecule has 80 valence electrons. The largest absolute Gasteiger partial charge is 0.323 e. The lowest BCUT2D eigenvalue weighted by Crippen LogP contribution is -2.41. The Morgan fingerprint density at radius 2 is 2.20 bits per heavy atom. The molecule has 0 spiro atoms. The first-order chi connectivity index (χ1) is 7.18. The van der Waals surface area contributed by atoms with Gasteiger partial charge in [0.15, 0.2) is 0 Å². The zero-order valence-corrected chi connectivity index (χ0v) is 8.86. The van der Waals surface area contributed by atoms with E-state index >= 15 is 0 Å². The minimum absolute atomic E-state index is 0.270. The first kappa shape index (κ1) is 11.7. The third-order valence-corrected chi connectivity index (χ3v) is 2.72. The van der Waals surface area contributed by atoms with Gasteiger partial charge in [-0.2, -0.15) is 0 Å². The summed E-state index contributed by atoms with van der Waals surface area (Å²) in [7, 11) is 0. The van der Waals surface area contributed by atoms with E-state index in [2.05, 4.69) is 13.2 Å². The standard InChI is InChI=1S/C13H17NO/c1-3-5-11-6-8-13(10-15,7-4-2)12(14)9-11/h3-4,6,8-10,12H,1-2,5,7,14H2. The fourth-order valence-corrected chi connectivity index (χ4v) is 1.74. The summed E-state index contributed by atoms with van der Waals surface area (Å²) >= 11 is 0. The Kier molecular flexibility index (Phi) is 3.81. The van der Waals surface area contributed by atoms with Crippen LogP contribution in [0.5, 0.6) is 0 Å². The molecule has 0 amide bonds. The monoisotopic (exact) mass is 203 g/mol. The molecule has 2 N–H and O–H groups in total. The van der Waals surface area contributed by atoms with E-state index in [-0.39, 0.29) is 6.04 Å². The summed E-state index contributed by atoms with van der Waals surface area (Å²) in [5.74, 6) is 0. The predicted octanol–water partition coefficient (Wildman–Crippen LogP) is 2.15. The highest BCUT2D eigenvalue weighted by molar-refractivity contribution is 5.67. The van der Waals surface area contributed by atoms with Gasteiger partial charge < -0.3 is 10.5 Å². The minimum atomic E-state index is -0.605. The van der Waals surface area contributed by atoms with Crippen molar-refractivity contribution in [3.8, 4) is 0 Å². The van der Waals surface area contributed by atoms with Gasteiger partial charge in [-0.1, -0.05) is 30.4 Å². The molecule has 2 unspecified atom stereocenters. The third kappa shape index (κ3) is 2.34. The second-order valence-corrected chi connectivity index (χ2v) is 3.82. The van der Waals surface area contributed by atoms with E-state index in [1.54, 1.807) is 6.08 Å². The van der Waals surface area contributed by atoms with Crippen LogP contribution >= 0.6 is 0 Å². The molecule has 0 fully saturated rings.